The zero-order chi connectivity index (χ0) is 24.9. The number of rotatable bonds is 9. The van der Waals surface area contributed by atoms with E-state index in [-0.39, 0.29) is 13.0 Å². The molecule has 194 valence electrons. The van der Waals surface area contributed by atoms with Crippen LogP contribution in [0, 0.1) is 5.92 Å². The molecule has 6 unspecified atom stereocenters. The SMILES string of the molecule is OCC1(O)OC(COC2OCCC2CO[C@]2(CO)OC(O)(O)C(O)(O)[C@@]2(O)CO)C(O)C1O. The van der Waals surface area contributed by atoms with Gasteiger partial charge in [0.2, 0.25) is 17.2 Å². The van der Waals surface area contributed by atoms with Gasteiger partial charge in [0.05, 0.1) is 33.0 Å². The van der Waals surface area contributed by atoms with Gasteiger partial charge in [-0.05, 0) is 6.42 Å². The summed E-state index contributed by atoms with van der Waals surface area (Å²) in [5.41, 5.74) is -3.29. The maximum Gasteiger partial charge on any atom is 0.341 e. The second-order valence-corrected chi connectivity index (χ2v) is 8.34. The van der Waals surface area contributed by atoms with Crippen LogP contribution in [0.1, 0.15) is 6.42 Å². The maximum atomic E-state index is 10.5. The molecule has 0 radical (unpaired) electrons. The van der Waals surface area contributed by atoms with Crippen molar-refractivity contribution in [2.45, 2.75) is 60.0 Å². The van der Waals surface area contributed by atoms with Crippen molar-refractivity contribution in [3.05, 3.63) is 0 Å². The number of aliphatic hydroxyl groups excluding tert-OH is 5. The fourth-order valence-corrected chi connectivity index (χ4v) is 4.03. The van der Waals surface area contributed by atoms with E-state index in [0.717, 1.165) is 0 Å². The summed E-state index contributed by atoms with van der Waals surface area (Å²) < 4.78 is 25.9. The van der Waals surface area contributed by atoms with Crippen molar-refractivity contribution in [2.75, 3.05) is 39.6 Å². The number of hydrogen-bond donors (Lipinski definition) is 11. The van der Waals surface area contributed by atoms with Crippen LogP contribution in [0.15, 0.2) is 0 Å². The van der Waals surface area contributed by atoms with E-state index in [9.17, 15) is 51.1 Å². The van der Waals surface area contributed by atoms with Crippen molar-refractivity contribution < 1.29 is 79.9 Å². The van der Waals surface area contributed by atoms with Gasteiger partial charge in [0.25, 0.3) is 5.79 Å². The van der Waals surface area contributed by atoms with Crippen LogP contribution in [-0.4, -0.2) is 149 Å². The van der Waals surface area contributed by atoms with Crippen molar-refractivity contribution in [3.8, 4) is 0 Å². The van der Waals surface area contributed by atoms with Gasteiger partial charge in [0.15, 0.2) is 6.29 Å². The molecule has 8 atom stereocenters. The fraction of sp³-hybridized carbons (Fsp3) is 1.00. The van der Waals surface area contributed by atoms with E-state index in [1.54, 1.807) is 0 Å². The van der Waals surface area contributed by atoms with Crippen LogP contribution in [-0.2, 0) is 23.7 Å². The Morgan fingerprint density at radius 1 is 0.879 bits per heavy atom. The summed E-state index contributed by atoms with van der Waals surface area (Å²) in [5.74, 6) is -13.6. The molecular weight excluding hydrogens is 460 g/mol. The van der Waals surface area contributed by atoms with E-state index in [2.05, 4.69) is 4.74 Å². The molecule has 3 aliphatic heterocycles. The van der Waals surface area contributed by atoms with Crippen LogP contribution in [0.2, 0.25) is 0 Å². The first-order valence-electron chi connectivity index (χ1n) is 10.0. The lowest BCUT2D eigenvalue weighted by molar-refractivity contribution is -0.453. The normalized spacial score (nSPS) is 46.8. The Morgan fingerprint density at radius 2 is 1.55 bits per heavy atom. The lowest BCUT2D eigenvalue weighted by Crippen LogP contribution is -2.70. The Balaban J connectivity index is 1.65. The highest BCUT2D eigenvalue weighted by Gasteiger charge is 2.81. The average molecular weight is 490 g/mol. The van der Waals surface area contributed by atoms with Gasteiger partial charge < -0.3 is 75.1 Å². The Hall–Kier alpha value is -0.640. The molecule has 0 aliphatic carbocycles. The highest BCUT2D eigenvalue weighted by molar-refractivity contribution is 5.13. The van der Waals surface area contributed by atoms with Crippen LogP contribution < -0.4 is 0 Å². The first-order valence-corrected chi connectivity index (χ1v) is 10.0. The van der Waals surface area contributed by atoms with Crippen LogP contribution >= 0.6 is 0 Å². The van der Waals surface area contributed by atoms with Crippen LogP contribution in [0.3, 0.4) is 0 Å². The minimum Gasteiger partial charge on any atom is -0.393 e. The molecular formula is C17H30O16. The van der Waals surface area contributed by atoms with Crippen LogP contribution in [0.4, 0.5) is 0 Å². The summed E-state index contributed by atoms with van der Waals surface area (Å²) >= 11 is 0. The smallest absolute Gasteiger partial charge is 0.341 e. The Morgan fingerprint density at radius 3 is 2.09 bits per heavy atom. The molecule has 0 bridgehead atoms. The molecule has 3 fully saturated rings. The second-order valence-electron chi connectivity index (χ2n) is 8.34. The van der Waals surface area contributed by atoms with E-state index in [0.29, 0.717) is 0 Å². The van der Waals surface area contributed by atoms with Gasteiger partial charge in [-0.15, -0.1) is 0 Å². The van der Waals surface area contributed by atoms with Crippen molar-refractivity contribution in [2.24, 2.45) is 5.92 Å². The molecule has 3 saturated heterocycles. The van der Waals surface area contributed by atoms with Crippen molar-refractivity contribution >= 4 is 0 Å². The molecule has 3 heterocycles. The first-order chi connectivity index (χ1) is 15.2. The minimum atomic E-state index is -3.86. The highest BCUT2D eigenvalue weighted by atomic mass is 16.9. The Bertz CT molecular complexity index is 690. The topological polar surface area (TPSA) is 269 Å². The van der Waals surface area contributed by atoms with Gasteiger partial charge in [0, 0.05) is 5.92 Å². The molecule has 0 spiro atoms. The summed E-state index contributed by atoms with van der Waals surface area (Å²) in [4.78, 5) is 0. The largest absolute Gasteiger partial charge is 0.393 e. The van der Waals surface area contributed by atoms with Gasteiger partial charge in [-0.1, -0.05) is 0 Å². The Kier molecular flexibility index (Phi) is 7.43. The molecule has 0 amide bonds. The maximum absolute atomic E-state index is 10.5. The third kappa shape index (κ3) is 4.08. The molecule has 33 heavy (non-hydrogen) atoms. The lowest BCUT2D eigenvalue weighted by Gasteiger charge is -2.40. The second kappa shape index (κ2) is 9.10. The van der Waals surface area contributed by atoms with Crippen LogP contribution in [0.5, 0.6) is 0 Å². The van der Waals surface area contributed by atoms with Gasteiger partial charge in [0.1, 0.15) is 24.9 Å². The summed E-state index contributed by atoms with van der Waals surface area (Å²) in [7, 11) is 0. The minimum absolute atomic E-state index is 0.140. The van der Waals surface area contributed by atoms with E-state index in [4.69, 9.17) is 24.1 Å². The van der Waals surface area contributed by atoms with Crippen molar-refractivity contribution in [3.63, 3.8) is 0 Å². The van der Waals surface area contributed by atoms with Crippen molar-refractivity contribution in [1.82, 2.24) is 0 Å². The fourth-order valence-electron chi connectivity index (χ4n) is 4.03. The van der Waals surface area contributed by atoms with Crippen molar-refractivity contribution in [1.29, 1.82) is 0 Å². The summed E-state index contributed by atoms with van der Waals surface area (Å²) in [5, 5.41) is 108. The molecule has 0 aromatic rings. The molecule has 16 nitrogen and oxygen atoms in total. The van der Waals surface area contributed by atoms with Gasteiger partial charge in [-0.3, -0.25) is 4.74 Å². The van der Waals surface area contributed by atoms with E-state index in [1.165, 1.54) is 0 Å². The molecule has 11 N–H and O–H groups in total. The zero-order valence-electron chi connectivity index (χ0n) is 17.3. The van der Waals surface area contributed by atoms with Gasteiger partial charge in [-0.2, -0.15) is 0 Å². The Labute approximate surface area is 186 Å². The van der Waals surface area contributed by atoms with Gasteiger partial charge in [-0.25, -0.2) is 0 Å². The van der Waals surface area contributed by atoms with E-state index in [1.807, 2.05) is 0 Å². The summed E-state index contributed by atoms with van der Waals surface area (Å²) in [6.07, 6.45) is -5.41. The monoisotopic (exact) mass is 490 g/mol. The van der Waals surface area contributed by atoms with E-state index < -0.39 is 92.5 Å². The molecule has 3 aliphatic rings. The third-order valence-electron chi connectivity index (χ3n) is 6.26. The van der Waals surface area contributed by atoms with Crippen LogP contribution in [0.25, 0.3) is 0 Å². The highest BCUT2D eigenvalue weighted by Crippen LogP contribution is 2.49. The van der Waals surface area contributed by atoms with Gasteiger partial charge >= 0.3 is 5.97 Å². The third-order valence-corrected chi connectivity index (χ3v) is 6.26. The summed E-state index contributed by atoms with van der Waals surface area (Å²) in [6.45, 7) is -4.59. The standard InChI is InChI=1S/C17H30O16/c18-5-13(23)11(22)10(21)9(32-13)4-30-12-8(1-2-29-12)3-31-15(7-20)14(24,6-19)16(25,26)17(27,28)33-15/h8-12,18-28H,1-7H2/t8?,9?,10?,11?,12?,13?,14-,15-/m1/s1. The molecule has 16 heteroatoms. The molecule has 0 saturated carbocycles. The van der Waals surface area contributed by atoms with E-state index >= 15 is 0 Å². The molecule has 0 aromatic heterocycles. The molecule has 3 rings (SSSR count). The predicted molar refractivity (Wildman–Crippen MR) is 95.9 cm³/mol. The zero-order valence-corrected chi connectivity index (χ0v) is 17.3. The first kappa shape index (κ1) is 27.0. The molecule has 0 aromatic carbocycles. The lowest BCUT2D eigenvalue weighted by atomic mass is 9.86. The number of aliphatic hydroxyl groups is 11. The summed E-state index contributed by atoms with van der Waals surface area (Å²) in [6, 6.07) is 0. The average Bonchev–Trinajstić information content (AvgIpc) is 3.35. The number of hydrogen-bond acceptors (Lipinski definition) is 16. The quantitative estimate of drug-likeness (QED) is 0.134. The predicted octanol–water partition coefficient (Wildman–Crippen LogP) is -7.05. The number of ether oxygens (including phenoxy) is 5.